The number of nitrogens with one attached hydrogen (secondary N) is 2. The lowest BCUT2D eigenvalue weighted by Crippen LogP contribution is -2.33. The molecule has 0 bridgehead atoms. The van der Waals surface area contributed by atoms with Crippen LogP contribution >= 0.6 is 11.8 Å². The summed E-state index contributed by atoms with van der Waals surface area (Å²) in [5.41, 5.74) is 1.39. The van der Waals surface area contributed by atoms with Gasteiger partial charge in [-0.3, -0.25) is 9.78 Å². The minimum Gasteiger partial charge on any atom is -0.387 e. The van der Waals surface area contributed by atoms with E-state index in [1.54, 1.807) is 37.3 Å². The molecule has 0 radical (unpaired) electrons. The second-order valence-corrected chi connectivity index (χ2v) is 4.81. The molecule has 4 nitrogen and oxygen atoms in total. The van der Waals surface area contributed by atoms with Gasteiger partial charge in [-0.2, -0.15) is 11.8 Å². The standard InChI is InChI=1S/C12H19N3OS/c1-9(5-7-17-3)15-12(16)10-8-14-6-4-11(10)13-2/h4,6,8-9H,5,7H2,1-3H3,(H,13,14)(H,15,16). The third-order valence-electron chi connectivity index (χ3n) is 2.47. The average molecular weight is 253 g/mol. The fourth-order valence-electron chi connectivity index (χ4n) is 1.46. The zero-order valence-corrected chi connectivity index (χ0v) is 11.3. The summed E-state index contributed by atoms with van der Waals surface area (Å²) < 4.78 is 0. The summed E-state index contributed by atoms with van der Waals surface area (Å²) in [4.78, 5) is 16.0. The van der Waals surface area contributed by atoms with Gasteiger partial charge in [-0.1, -0.05) is 0 Å². The molecule has 1 rings (SSSR count). The van der Waals surface area contributed by atoms with E-state index < -0.39 is 0 Å². The third kappa shape index (κ3) is 4.26. The molecule has 1 amide bonds. The summed E-state index contributed by atoms with van der Waals surface area (Å²) >= 11 is 1.78. The highest BCUT2D eigenvalue weighted by molar-refractivity contribution is 7.98. The Morgan fingerprint density at radius 2 is 2.35 bits per heavy atom. The molecule has 17 heavy (non-hydrogen) atoms. The summed E-state index contributed by atoms with van der Waals surface area (Å²) in [7, 11) is 1.79. The SMILES string of the molecule is CNc1ccncc1C(=O)NC(C)CCSC. The quantitative estimate of drug-likeness (QED) is 0.814. The summed E-state index contributed by atoms with van der Waals surface area (Å²) in [5, 5.41) is 5.96. The highest BCUT2D eigenvalue weighted by Gasteiger charge is 2.12. The number of aromatic nitrogens is 1. The number of rotatable bonds is 6. The first-order chi connectivity index (χ1) is 8.19. The van der Waals surface area contributed by atoms with E-state index in [1.165, 1.54) is 0 Å². The number of carbonyl (C=O) groups excluding carboxylic acids is 1. The van der Waals surface area contributed by atoms with Crippen LogP contribution in [0.4, 0.5) is 5.69 Å². The predicted molar refractivity (Wildman–Crippen MR) is 73.7 cm³/mol. The van der Waals surface area contributed by atoms with E-state index in [9.17, 15) is 4.79 Å². The van der Waals surface area contributed by atoms with E-state index in [0.29, 0.717) is 5.56 Å². The Morgan fingerprint density at radius 1 is 1.59 bits per heavy atom. The topological polar surface area (TPSA) is 54.0 Å². The zero-order valence-electron chi connectivity index (χ0n) is 10.5. The van der Waals surface area contributed by atoms with Crippen LogP contribution in [0.25, 0.3) is 0 Å². The van der Waals surface area contributed by atoms with Crippen LogP contribution in [0.1, 0.15) is 23.7 Å². The van der Waals surface area contributed by atoms with Gasteiger partial charge in [-0.15, -0.1) is 0 Å². The van der Waals surface area contributed by atoms with Crippen molar-refractivity contribution in [2.45, 2.75) is 19.4 Å². The van der Waals surface area contributed by atoms with Crippen molar-refractivity contribution in [3.63, 3.8) is 0 Å². The van der Waals surface area contributed by atoms with Gasteiger partial charge in [-0.05, 0) is 31.4 Å². The van der Waals surface area contributed by atoms with Crippen molar-refractivity contribution in [1.82, 2.24) is 10.3 Å². The summed E-state index contributed by atoms with van der Waals surface area (Å²) in [6.45, 7) is 2.02. The van der Waals surface area contributed by atoms with Crippen LogP contribution in [0.3, 0.4) is 0 Å². The van der Waals surface area contributed by atoms with Gasteiger partial charge in [0.05, 0.1) is 5.56 Å². The van der Waals surface area contributed by atoms with Gasteiger partial charge in [0.15, 0.2) is 0 Å². The Kier molecular flexibility index (Phi) is 5.83. The third-order valence-corrected chi connectivity index (χ3v) is 3.11. The number of hydrogen-bond donors (Lipinski definition) is 2. The summed E-state index contributed by atoms with van der Waals surface area (Å²) in [6.07, 6.45) is 6.29. The number of carbonyl (C=O) groups is 1. The van der Waals surface area contributed by atoms with Gasteiger partial charge in [-0.25, -0.2) is 0 Å². The maximum atomic E-state index is 12.0. The first-order valence-corrected chi connectivity index (χ1v) is 7.00. The van der Waals surface area contributed by atoms with Gasteiger partial charge < -0.3 is 10.6 Å². The second-order valence-electron chi connectivity index (χ2n) is 3.83. The van der Waals surface area contributed by atoms with E-state index in [-0.39, 0.29) is 11.9 Å². The maximum Gasteiger partial charge on any atom is 0.255 e. The number of hydrogen-bond acceptors (Lipinski definition) is 4. The molecule has 1 aromatic heterocycles. The first-order valence-electron chi connectivity index (χ1n) is 5.60. The number of pyridine rings is 1. The molecule has 1 aromatic rings. The fraction of sp³-hybridized carbons (Fsp3) is 0.500. The highest BCUT2D eigenvalue weighted by atomic mass is 32.2. The number of amides is 1. The van der Waals surface area contributed by atoms with Crippen molar-refractivity contribution < 1.29 is 4.79 Å². The summed E-state index contributed by atoms with van der Waals surface area (Å²) in [5.74, 6) is 0.976. The monoisotopic (exact) mass is 253 g/mol. The molecule has 5 heteroatoms. The molecule has 94 valence electrons. The second kappa shape index (κ2) is 7.17. The molecule has 0 aliphatic carbocycles. The van der Waals surface area contributed by atoms with Crippen molar-refractivity contribution in [2.24, 2.45) is 0 Å². The normalized spacial score (nSPS) is 11.9. The largest absolute Gasteiger partial charge is 0.387 e. The van der Waals surface area contributed by atoms with E-state index in [1.807, 2.05) is 6.92 Å². The molecule has 0 aliphatic rings. The zero-order chi connectivity index (χ0) is 12.7. The lowest BCUT2D eigenvalue weighted by Gasteiger charge is -2.14. The smallest absolute Gasteiger partial charge is 0.255 e. The van der Waals surface area contributed by atoms with Crippen molar-refractivity contribution in [3.05, 3.63) is 24.0 Å². The Balaban J connectivity index is 2.63. The minimum atomic E-state index is -0.0731. The molecular formula is C12H19N3OS. The van der Waals surface area contributed by atoms with E-state index >= 15 is 0 Å². The number of thioether (sulfide) groups is 1. The van der Waals surface area contributed by atoms with Gasteiger partial charge in [0, 0.05) is 31.2 Å². The highest BCUT2D eigenvalue weighted by Crippen LogP contribution is 2.12. The van der Waals surface area contributed by atoms with Crippen LogP contribution in [-0.2, 0) is 0 Å². The molecule has 0 fully saturated rings. The van der Waals surface area contributed by atoms with Gasteiger partial charge in [0.25, 0.3) is 5.91 Å². The van der Waals surface area contributed by atoms with Crippen molar-refractivity contribution in [2.75, 3.05) is 24.4 Å². The minimum absolute atomic E-state index is 0.0731. The molecule has 0 aliphatic heterocycles. The Morgan fingerprint density at radius 3 is 3.00 bits per heavy atom. The first kappa shape index (κ1) is 13.8. The molecular weight excluding hydrogens is 234 g/mol. The van der Waals surface area contributed by atoms with E-state index in [4.69, 9.17) is 0 Å². The summed E-state index contributed by atoms with van der Waals surface area (Å²) in [6, 6.07) is 1.97. The Hall–Kier alpha value is -1.23. The van der Waals surface area contributed by atoms with Crippen molar-refractivity contribution >= 4 is 23.4 Å². The average Bonchev–Trinajstić information content (AvgIpc) is 2.36. The Bertz CT molecular complexity index is 371. The van der Waals surface area contributed by atoms with Crippen LogP contribution in [0, 0.1) is 0 Å². The lowest BCUT2D eigenvalue weighted by atomic mass is 10.2. The molecule has 0 spiro atoms. The molecule has 1 unspecified atom stereocenters. The van der Waals surface area contributed by atoms with Crippen molar-refractivity contribution in [1.29, 1.82) is 0 Å². The molecule has 0 aromatic carbocycles. The molecule has 1 heterocycles. The molecule has 0 saturated heterocycles. The number of anilines is 1. The Labute approximate surface area is 107 Å². The maximum absolute atomic E-state index is 12.0. The van der Waals surface area contributed by atoms with Crippen LogP contribution in [0.5, 0.6) is 0 Å². The van der Waals surface area contributed by atoms with Crippen LogP contribution < -0.4 is 10.6 Å². The lowest BCUT2D eigenvalue weighted by molar-refractivity contribution is 0.0940. The molecule has 0 saturated carbocycles. The van der Waals surface area contributed by atoms with E-state index in [2.05, 4.69) is 21.9 Å². The van der Waals surface area contributed by atoms with Gasteiger partial charge in [0.1, 0.15) is 0 Å². The van der Waals surface area contributed by atoms with Gasteiger partial charge in [0.2, 0.25) is 0 Å². The van der Waals surface area contributed by atoms with Gasteiger partial charge >= 0.3 is 0 Å². The predicted octanol–water partition coefficient (Wildman–Crippen LogP) is 1.99. The molecule has 2 N–H and O–H groups in total. The van der Waals surface area contributed by atoms with Crippen LogP contribution in [0.2, 0.25) is 0 Å². The van der Waals surface area contributed by atoms with Crippen LogP contribution in [-0.4, -0.2) is 36.0 Å². The number of nitrogens with zero attached hydrogens (tertiary/aromatic N) is 1. The van der Waals surface area contributed by atoms with Crippen LogP contribution in [0.15, 0.2) is 18.5 Å². The fourth-order valence-corrected chi connectivity index (χ4v) is 2.05. The molecule has 1 atom stereocenters. The van der Waals surface area contributed by atoms with E-state index in [0.717, 1.165) is 17.9 Å². The van der Waals surface area contributed by atoms with Crippen molar-refractivity contribution in [3.8, 4) is 0 Å².